The third-order valence-electron chi connectivity index (χ3n) is 5.13. The van der Waals surface area contributed by atoms with Gasteiger partial charge < -0.3 is 25.4 Å². The molecule has 1 fully saturated rings. The van der Waals surface area contributed by atoms with Gasteiger partial charge in [-0.3, -0.25) is 19.2 Å². The van der Waals surface area contributed by atoms with Gasteiger partial charge in [0.2, 0.25) is 11.8 Å². The molecule has 1 aromatic heterocycles. The molecule has 35 heavy (non-hydrogen) atoms. The van der Waals surface area contributed by atoms with Crippen LogP contribution in [0.3, 0.4) is 0 Å². The van der Waals surface area contributed by atoms with E-state index in [0.717, 1.165) is 10.6 Å². The first-order valence-corrected chi connectivity index (χ1v) is 11.8. The summed E-state index contributed by atoms with van der Waals surface area (Å²) in [6.07, 6.45) is 8.72. The molecule has 10 nitrogen and oxygen atoms in total. The highest BCUT2D eigenvalue weighted by atomic mass is 32.1. The summed E-state index contributed by atoms with van der Waals surface area (Å²) in [6.45, 7) is 8.73. The molecule has 0 bridgehead atoms. The van der Waals surface area contributed by atoms with Crippen LogP contribution in [0.25, 0.3) is 0 Å². The summed E-state index contributed by atoms with van der Waals surface area (Å²) in [7, 11) is 1.40. The van der Waals surface area contributed by atoms with Crippen molar-refractivity contribution in [3.05, 3.63) is 52.5 Å². The number of methoxy groups -OCH3 is 1. The fourth-order valence-corrected chi connectivity index (χ4v) is 3.78. The fraction of sp³-hybridized carbons (Fsp3) is 0.458. The number of epoxide rings is 1. The number of nitrogens with one attached hydrogen (secondary N) is 3. The molecular formula is C24H32N4O6S. The molecule has 3 N–H and O–H groups in total. The summed E-state index contributed by atoms with van der Waals surface area (Å²) < 4.78 is 10.3. The molecule has 0 aliphatic carbocycles. The van der Waals surface area contributed by atoms with E-state index < -0.39 is 35.4 Å². The Bertz CT molecular complexity index is 1010. The summed E-state index contributed by atoms with van der Waals surface area (Å²) in [5, 5.41) is 8.47. The van der Waals surface area contributed by atoms with Crippen molar-refractivity contribution < 1.29 is 28.7 Å². The van der Waals surface area contributed by atoms with E-state index >= 15 is 0 Å². The quantitative estimate of drug-likeness (QED) is 0.256. The number of ether oxygens (including phenoxy) is 2. The molecule has 11 heteroatoms. The zero-order valence-electron chi connectivity index (χ0n) is 20.4. The topological polar surface area (TPSA) is 139 Å². The van der Waals surface area contributed by atoms with Crippen LogP contribution >= 0.6 is 11.3 Å². The maximum absolute atomic E-state index is 12.9. The zero-order valence-corrected chi connectivity index (χ0v) is 21.2. The van der Waals surface area contributed by atoms with E-state index in [0.29, 0.717) is 11.5 Å². The van der Waals surface area contributed by atoms with Gasteiger partial charge in [0.25, 0.3) is 5.91 Å². The van der Waals surface area contributed by atoms with Gasteiger partial charge in [-0.15, -0.1) is 11.3 Å². The molecule has 190 valence electrons. The number of Topliss-reactive ketones (excluding diaryl/α,β-unsaturated/α-hetero) is 1. The lowest BCUT2D eigenvalue weighted by Gasteiger charge is -2.21. The summed E-state index contributed by atoms with van der Waals surface area (Å²) in [6, 6.07) is -1.83. The Hall–Kier alpha value is -3.15. The predicted molar refractivity (Wildman–Crippen MR) is 132 cm³/mol. The highest BCUT2D eigenvalue weighted by molar-refractivity contribution is 7.13. The number of ketones is 1. The van der Waals surface area contributed by atoms with Gasteiger partial charge in [0.05, 0.1) is 37.0 Å². The molecule has 0 spiro atoms. The van der Waals surface area contributed by atoms with Crippen molar-refractivity contribution in [1.82, 2.24) is 20.9 Å². The van der Waals surface area contributed by atoms with Crippen LogP contribution in [0.1, 0.15) is 34.9 Å². The van der Waals surface area contributed by atoms with Crippen molar-refractivity contribution in [2.24, 2.45) is 0 Å². The number of carbonyl (C=O) groups excluding carboxylic acids is 4. The van der Waals surface area contributed by atoms with E-state index in [9.17, 15) is 19.2 Å². The number of nitrogens with zero attached hydrogens (tertiary/aromatic N) is 1. The van der Waals surface area contributed by atoms with Gasteiger partial charge in [0.15, 0.2) is 5.78 Å². The molecule has 0 radical (unpaired) electrons. The minimum atomic E-state index is -1.01. The Morgan fingerprint density at radius 1 is 1.29 bits per heavy atom. The largest absolute Gasteiger partial charge is 0.382 e. The van der Waals surface area contributed by atoms with Gasteiger partial charge in [-0.2, -0.15) is 0 Å². The first-order valence-electron chi connectivity index (χ1n) is 11.0. The van der Waals surface area contributed by atoms with Crippen molar-refractivity contribution in [2.75, 3.05) is 26.9 Å². The van der Waals surface area contributed by atoms with Crippen LogP contribution in [0.5, 0.6) is 0 Å². The molecule has 2 rings (SSSR count). The second-order valence-electron chi connectivity index (χ2n) is 8.28. The van der Waals surface area contributed by atoms with Crippen molar-refractivity contribution >= 4 is 34.8 Å². The Morgan fingerprint density at radius 3 is 2.57 bits per heavy atom. The Labute approximate surface area is 208 Å². The second-order valence-corrected chi connectivity index (χ2v) is 9.52. The SMILES string of the molecule is C=C/C=C\C=C(/C)C[C@H](NC(=O)CNC(=O)C(COC)NC(=O)c1cnc(C)s1)C(=O)[C@@]1(C)CO1. The summed E-state index contributed by atoms with van der Waals surface area (Å²) in [5.74, 6) is -1.84. The van der Waals surface area contributed by atoms with E-state index in [2.05, 4.69) is 27.5 Å². The molecule has 0 saturated carbocycles. The van der Waals surface area contributed by atoms with Crippen molar-refractivity contribution in [3.8, 4) is 0 Å². The highest BCUT2D eigenvalue weighted by Crippen LogP contribution is 2.29. The summed E-state index contributed by atoms with van der Waals surface area (Å²) >= 11 is 1.20. The Kier molecular flexibility index (Phi) is 10.5. The number of aromatic nitrogens is 1. The molecular weight excluding hydrogens is 472 g/mol. The number of rotatable bonds is 14. The number of hydrogen-bond acceptors (Lipinski definition) is 8. The van der Waals surface area contributed by atoms with Crippen molar-refractivity contribution in [1.29, 1.82) is 0 Å². The Morgan fingerprint density at radius 2 is 2.00 bits per heavy atom. The average molecular weight is 505 g/mol. The summed E-state index contributed by atoms with van der Waals surface area (Å²) in [5.41, 5.74) is -0.0439. The van der Waals surface area contributed by atoms with E-state index in [1.807, 2.05) is 13.0 Å². The molecule has 0 aromatic carbocycles. The molecule has 1 aliphatic heterocycles. The molecule has 1 aliphatic rings. The van der Waals surface area contributed by atoms with Crippen LogP contribution in [0.15, 0.2) is 42.7 Å². The average Bonchev–Trinajstić information content (AvgIpc) is 3.42. The summed E-state index contributed by atoms with van der Waals surface area (Å²) in [4.78, 5) is 54.8. The lowest BCUT2D eigenvalue weighted by molar-refractivity contribution is -0.131. The van der Waals surface area contributed by atoms with Crippen LogP contribution in [0, 0.1) is 6.92 Å². The molecule has 3 amide bonds. The smallest absolute Gasteiger partial charge is 0.263 e. The van der Waals surface area contributed by atoms with E-state index in [1.165, 1.54) is 24.6 Å². The molecule has 2 heterocycles. The normalized spacial score (nSPS) is 19.0. The van der Waals surface area contributed by atoms with Crippen molar-refractivity contribution in [3.63, 3.8) is 0 Å². The fourth-order valence-electron chi connectivity index (χ4n) is 3.10. The first-order chi connectivity index (χ1) is 16.6. The van der Waals surface area contributed by atoms with Gasteiger partial charge in [0.1, 0.15) is 16.5 Å². The lowest BCUT2D eigenvalue weighted by Crippen LogP contribution is -2.53. The van der Waals surface area contributed by atoms with Crippen LogP contribution < -0.4 is 16.0 Å². The van der Waals surface area contributed by atoms with Crippen LogP contribution in [-0.2, 0) is 23.9 Å². The number of thiazole rings is 1. The van der Waals surface area contributed by atoms with Gasteiger partial charge in [-0.25, -0.2) is 4.98 Å². The number of allylic oxidation sites excluding steroid dienone is 4. The third-order valence-corrected chi connectivity index (χ3v) is 6.04. The van der Waals surface area contributed by atoms with Gasteiger partial charge in [-0.1, -0.05) is 36.5 Å². The first kappa shape index (κ1) is 28.1. The molecule has 3 atom stereocenters. The zero-order chi connectivity index (χ0) is 26.0. The second kappa shape index (κ2) is 13.1. The standard InChI is InChI=1S/C24H32N4O6S/c1-6-7-8-9-15(2)10-17(21(30)24(4)14-34-24)27-20(29)12-26-22(31)18(13-33-5)28-23(32)19-11-25-16(3)35-19/h6-9,11,17-18H,1,10,12-14H2,2-5H3,(H,26,31)(H,27,29)(H,28,32)/b8-7-,15-9+/t17-,18?,24+/m0/s1. The number of carbonyl (C=O) groups is 4. The molecule has 1 aromatic rings. The maximum atomic E-state index is 12.9. The van der Waals surface area contributed by atoms with E-state index in [1.54, 1.807) is 32.1 Å². The highest BCUT2D eigenvalue weighted by Gasteiger charge is 2.50. The number of aryl methyl sites for hydroxylation is 1. The van der Waals surface area contributed by atoms with Crippen LogP contribution in [-0.4, -0.2) is 73.0 Å². The maximum Gasteiger partial charge on any atom is 0.263 e. The van der Waals surface area contributed by atoms with Gasteiger partial charge >= 0.3 is 0 Å². The number of hydrogen-bond donors (Lipinski definition) is 3. The Balaban J connectivity index is 1.97. The predicted octanol–water partition coefficient (Wildman–Crippen LogP) is 1.23. The van der Waals surface area contributed by atoms with Crippen molar-refractivity contribution in [2.45, 2.75) is 44.9 Å². The third kappa shape index (κ3) is 8.85. The van der Waals surface area contributed by atoms with E-state index in [4.69, 9.17) is 9.47 Å². The minimum absolute atomic E-state index is 0.0873. The van der Waals surface area contributed by atoms with Gasteiger partial charge in [-0.05, 0) is 27.2 Å². The molecule has 1 saturated heterocycles. The van der Waals surface area contributed by atoms with Gasteiger partial charge in [0, 0.05) is 7.11 Å². The lowest BCUT2D eigenvalue weighted by atomic mass is 9.95. The van der Waals surface area contributed by atoms with Crippen LogP contribution in [0.2, 0.25) is 0 Å². The van der Waals surface area contributed by atoms with Crippen LogP contribution in [0.4, 0.5) is 0 Å². The minimum Gasteiger partial charge on any atom is -0.382 e. The number of amides is 3. The molecule has 1 unspecified atom stereocenters. The monoisotopic (exact) mass is 504 g/mol. The van der Waals surface area contributed by atoms with E-state index in [-0.39, 0.29) is 25.4 Å².